The van der Waals surface area contributed by atoms with E-state index in [0.29, 0.717) is 16.6 Å². The molecule has 0 aliphatic rings. The molecule has 0 saturated carbocycles. The standard InChI is InChI=1S/C18H19ClN2O3S/c1-10(2)25-13-7-5-12(6-8-13)14-9-15(20-11(3)22)16(19)17(21-14)18(23)24-4/h5-10H,1-4H3,(H,20,21,22). The quantitative estimate of drug-likeness (QED) is 0.606. The number of hydrogen-bond acceptors (Lipinski definition) is 5. The van der Waals surface area contributed by atoms with Crippen LogP contribution in [0.5, 0.6) is 0 Å². The van der Waals surface area contributed by atoms with Gasteiger partial charge in [0.2, 0.25) is 5.91 Å². The van der Waals surface area contributed by atoms with Crippen LogP contribution >= 0.6 is 23.4 Å². The molecule has 1 N–H and O–H groups in total. The number of aromatic nitrogens is 1. The Morgan fingerprint density at radius 1 is 1.24 bits per heavy atom. The topological polar surface area (TPSA) is 68.3 Å². The summed E-state index contributed by atoms with van der Waals surface area (Å²) in [7, 11) is 1.25. The summed E-state index contributed by atoms with van der Waals surface area (Å²) >= 11 is 7.94. The molecule has 0 atom stereocenters. The van der Waals surface area contributed by atoms with Gasteiger partial charge in [-0.05, 0) is 18.2 Å². The molecule has 0 aliphatic heterocycles. The number of carbonyl (C=O) groups is 2. The van der Waals surface area contributed by atoms with Crippen LogP contribution in [0.25, 0.3) is 11.3 Å². The maximum Gasteiger partial charge on any atom is 0.358 e. The van der Waals surface area contributed by atoms with E-state index in [1.807, 2.05) is 24.3 Å². The van der Waals surface area contributed by atoms with Crippen molar-refractivity contribution in [3.63, 3.8) is 0 Å². The normalized spacial score (nSPS) is 10.6. The van der Waals surface area contributed by atoms with Crippen LogP contribution in [-0.2, 0) is 9.53 Å². The maximum atomic E-state index is 11.9. The van der Waals surface area contributed by atoms with E-state index in [2.05, 4.69) is 24.1 Å². The molecule has 2 rings (SSSR count). The number of esters is 1. The van der Waals surface area contributed by atoms with Crippen molar-refractivity contribution in [3.8, 4) is 11.3 Å². The first-order valence-electron chi connectivity index (χ1n) is 7.65. The zero-order valence-corrected chi connectivity index (χ0v) is 16.0. The Hall–Kier alpha value is -2.05. The fraction of sp³-hybridized carbons (Fsp3) is 0.278. The number of nitrogens with one attached hydrogen (secondary N) is 1. The van der Waals surface area contributed by atoms with Crippen LogP contribution in [-0.4, -0.2) is 29.2 Å². The lowest BCUT2D eigenvalue weighted by Crippen LogP contribution is -2.11. The lowest BCUT2D eigenvalue weighted by molar-refractivity contribution is -0.114. The zero-order valence-electron chi connectivity index (χ0n) is 14.4. The van der Waals surface area contributed by atoms with Crippen molar-refractivity contribution in [2.75, 3.05) is 12.4 Å². The summed E-state index contributed by atoms with van der Waals surface area (Å²) in [5.74, 6) is -0.955. The fourth-order valence-electron chi connectivity index (χ4n) is 2.17. The smallest absolute Gasteiger partial charge is 0.358 e. The second-order valence-electron chi connectivity index (χ2n) is 5.58. The van der Waals surface area contributed by atoms with Crippen molar-refractivity contribution in [1.82, 2.24) is 4.98 Å². The lowest BCUT2D eigenvalue weighted by Gasteiger charge is -2.12. The van der Waals surface area contributed by atoms with Gasteiger partial charge in [0.05, 0.1) is 23.5 Å². The van der Waals surface area contributed by atoms with Gasteiger partial charge in [0.1, 0.15) is 0 Å². The molecule has 1 aromatic heterocycles. The van der Waals surface area contributed by atoms with Gasteiger partial charge in [-0.25, -0.2) is 9.78 Å². The van der Waals surface area contributed by atoms with E-state index in [1.54, 1.807) is 17.8 Å². The number of carbonyl (C=O) groups excluding carboxylic acids is 2. The number of pyridine rings is 1. The molecule has 132 valence electrons. The van der Waals surface area contributed by atoms with E-state index >= 15 is 0 Å². The van der Waals surface area contributed by atoms with Crippen LogP contribution in [0.2, 0.25) is 5.02 Å². The van der Waals surface area contributed by atoms with Crippen LogP contribution in [0.1, 0.15) is 31.3 Å². The van der Waals surface area contributed by atoms with Gasteiger partial charge in [-0.1, -0.05) is 37.6 Å². The molecule has 5 nitrogen and oxygen atoms in total. The summed E-state index contributed by atoms with van der Waals surface area (Å²) in [6, 6.07) is 9.46. The summed E-state index contributed by atoms with van der Waals surface area (Å²) in [6.07, 6.45) is 0. The Kier molecular flexibility index (Phi) is 6.45. The number of benzene rings is 1. The van der Waals surface area contributed by atoms with Crippen molar-refractivity contribution in [2.24, 2.45) is 0 Å². The predicted molar refractivity (Wildman–Crippen MR) is 101 cm³/mol. The van der Waals surface area contributed by atoms with E-state index in [0.717, 1.165) is 10.5 Å². The molecule has 0 saturated heterocycles. The molecule has 1 aromatic carbocycles. The highest BCUT2D eigenvalue weighted by Gasteiger charge is 2.19. The van der Waals surface area contributed by atoms with Crippen molar-refractivity contribution < 1.29 is 14.3 Å². The molecule has 0 spiro atoms. The molecule has 0 unspecified atom stereocenters. The predicted octanol–water partition coefficient (Wildman–Crippen LogP) is 4.65. The molecule has 0 radical (unpaired) electrons. The maximum absolute atomic E-state index is 11.9. The van der Waals surface area contributed by atoms with Gasteiger partial charge >= 0.3 is 5.97 Å². The number of anilines is 1. The average Bonchev–Trinajstić information content (AvgIpc) is 2.55. The number of hydrogen-bond donors (Lipinski definition) is 1. The molecule has 1 heterocycles. The van der Waals surface area contributed by atoms with Crippen LogP contribution < -0.4 is 5.32 Å². The molecular formula is C18H19ClN2O3S. The van der Waals surface area contributed by atoms with Gasteiger partial charge in [0, 0.05) is 22.6 Å². The lowest BCUT2D eigenvalue weighted by atomic mass is 10.1. The van der Waals surface area contributed by atoms with Gasteiger partial charge in [0.15, 0.2) is 5.69 Å². The van der Waals surface area contributed by atoms with Gasteiger partial charge < -0.3 is 10.1 Å². The largest absolute Gasteiger partial charge is 0.464 e. The minimum Gasteiger partial charge on any atom is -0.464 e. The molecular weight excluding hydrogens is 360 g/mol. The third kappa shape index (κ3) is 4.96. The summed E-state index contributed by atoms with van der Waals surface area (Å²) in [5.41, 5.74) is 1.61. The first-order chi connectivity index (χ1) is 11.8. The van der Waals surface area contributed by atoms with Gasteiger partial charge in [-0.2, -0.15) is 0 Å². The Morgan fingerprint density at radius 3 is 2.40 bits per heavy atom. The van der Waals surface area contributed by atoms with E-state index in [-0.39, 0.29) is 16.6 Å². The minimum atomic E-state index is -0.662. The molecule has 7 heteroatoms. The summed E-state index contributed by atoms with van der Waals surface area (Å²) in [6.45, 7) is 5.62. The third-order valence-electron chi connectivity index (χ3n) is 3.17. The van der Waals surface area contributed by atoms with E-state index < -0.39 is 5.97 Å². The average molecular weight is 379 g/mol. The monoisotopic (exact) mass is 378 g/mol. The Balaban J connectivity index is 2.49. The van der Waals surface area contributed by atoms with E-state index in [4.69, 9.17) is 16.3 Å². The number of nitrogens with zero attached hydrogens (tertiary/aromatic N) is 1. The second kappa shape index (κ2) is 8.36. The number of ether oxygens (including phenoxy) is 1. The number of amides is 1. The van der Waals surface area contributed by atoms with Crippen molar-refractivity contribution in [1.29, 1.82) is 0 Å². The highest BCUT2D eigenvalue weighted by atomic mass is 35.5. The molecule has 0 aliphatic carbocycles. The first kappa shape index (κ1) is 19.3. The van der Waals surface area contributed by atoms with Crippen molar-refractivity contribution in [3.05, 3.63) is 41.0 Å². The minimum absolute atomic E-state index is 0.0361. The summed E-state index contributed by atoms with van der Waals surface area (Å²) in [5, 5.41) is 3.15. The molecule has 0 fully saturated rings. The second-order valence-corrected chi connectivity index (χ2v) is 7.61. The molecule has 2 aromatic rings. The number of thioether (sulfide) groups is 1. The number of methoxy groups -OCH3 is 1. The van der Waals surface area contributed by atoms with Crippen LogP contribution in [0.15, 0.2) is 35.2 Å². The molecule has 25 heavy (non-hydrogen) atoms. The summed E-state index contributed by atoms with van der Waals surface area (Å²) in [4.78, 5) is 28.8. The van der Waals surface area contributed by atoms with Gasteiger partial charge in [-0.15, -0.1) is 11.8 Å². The molecule has 0 bridgehead atoms. The Labute approximate surface area is 156 Å². The van der Waals surface area contributed by atoms with Crippen LogP contribution in [0.4, 0.5) is 5.69 Å². The Morgan fingerprint density at radius 2 is 1.88 bits per heavy atom. The van der Waals surface area contributed by atoms with Crippen LogP contribution in [0.3, 0.4) is 0 Å². The zero-order chi connectivity index (χ0) is 18.6. The fourth-order valence-corrected chi connectivity index (χ4v) is 3.23. The third-order valence-corrected chi connectivity index (χ3v) is 4.57. The van der Waals surface area contributed by atoms with Crippen LogP contribution in [0, 0.1) is 0 Å². The van der Waals surface area contributed by atoms with E-state index in [9.17, 15) is 9.59 Å². The van der Waals surface area contributed by atoms with Gasteiger partial charge in [-0.3, -0.25) is 4.79 Å². The van der Waals surface area contributed by atoms with Gasteiger partial charge in [0.25, 0.3) is 0 Å². The number of rotatable bonds is 5. The van der Waals surface area contributed by atoms with E-state index in [1.165, 1.54) is 14.0 Å². The summed E-state index contributed by atoms with van der Waals surface area (Å²) < 4.78 is 4.73. The number of halogens is 1. The first-order valence-corrected chi connectivity index (χ1v) is 8.91. The SMILES string of the molecule is COC(=O)c1nc(-c2ccc(SC(C)C)cc2)cc(NC(C)=O)c1Cl. The Bertz CT molecular complexity index is 792. The highest BCUT2D eigenvalue weighted by Crippen LogP contribution is 2.32. The molecule has 1 amide bonds. The highest BCUT2D eigenvalue weighted by molar-refractivity contribution is 7.99. The van der Waals surface area contributed by atoms with Crippen molar-refractivity contribution in [2.45, 2.75) is 30.9 Å². The van der Waals surface area contributed by atoms with Crippen molar-refractivity contribution >= 4 is 40.9 Å².